The van der Waals surface area contributed by atoms with Crippen molar-refractivity contribution in [3.05, 3.63) is 0 Å². The first-order chi connectivity index (χ1) is 8.79. The van der Waals surface area contributed by atoms with E-state index in [4.69, 9.17) is 0 Å². The highest BCUT2D eigenvalue weighted by Crippen LogP contribution is 2.16. The van der Waals surface area contributed by atoms with Gasteiger partial charge in [0, 0.05) is 39.2 Å². The van der Waals surface area contributed by atoms with Gasteiger partial charge < -0.3 is 14.9 Å². The van der Waals surface area contributed by atoms with Gasteiger partial charge in [0.25, 0.3) is 0 Å². The van der Waals surface area contributed by atoms with E-state index in [9.17, 15) is 9.90 Å². The van der Waals surface area contributed by atoms with Gasteiger partial charge in [0.15, 0.2) is 0 Å². The van der Waals surface area contributed by atoms with Gasteiger partial charge in [-0.1, -0.05) is 0 Å². The number of hydrogen-bond acceptors (Lipinski definition) is 3. The summed E-state index contributed by atoms with van der Waals surface area (Å²) >= 11 is 0. The summed E-state index contributed by atoms with van der Waals surface area (Å²) in [5, 5.41) is 9.19. The summed E-state index contributed by atoms with van der Waals surface area (Å²) in [5.74, 6) is 0.740. The fourth-order valence-electron chi connectivity index (χ4n) is 3.06. The van der Waals surface area contributed by atoms with Crippen LogP contribution in [0.25, 0.3) is 0 Å². The molecule has 1 unspecified atom stereocenters. The van der Waals surface area contributed by atoms with Crippen molar-refractivity contribution < 1.29 is 9.90 Å². The van der Waals surface area contributed by atoms with Crippen LogP contribution in [0.15, 0.2) is 0 Å². The molecule has 4 nitrogen and oxygen atoms in total. The second kappa shape index (κ2) is 7.10. The third-order valence-electron chi connectivity index (χ3n) is 4.21. The van der Waals surface area contributed by atoms with Crippen molar-refractivity contribution in [2.24, 2.45) is 5.92 Å². The third-order valence-corrected chi connectivity index (χ3v) is 4.21. The predicted molar refractivity (Wildman–Crippen MR) is 71.3 cm³/mol. The molecule has 2 fully saturated rings. The first kappa shape index (κ1) is 13.8. The number of hydrogen-bond donors (Lipinski definition) is 1. The monoisotopic (exact) mass is 254 g/mol. The molecule has 4 heteroatoms. The van der Waals surface area contributed by atoms with Crippen LogP contribution in [0.1, 0.15) is 38.5 Å². The van der Waals surface area contributed by atoms with Crippen LogP contribution in [0.4, 0.5) is 0 Å². The van der Waals surface area contributed by atoms with Gasteiger partial charge >= 0.3 is 0 Å². The average molecular weight is 254 g/mol. The minimum atomic E-state index is 0.288. The van der Waals surface area contributed by atoms with E-state index in [1.54, 1.807) is 0 Å². The van der Waals surface area contributed by atoms with E-state index in [1.165, 1.54) is 19.3 Å². The summed E-state index contributed by atoms with van der Waals surface area (Å²) in [4.78, 5) is 16.4. The van der Waals surface area contributed by atoms with Crippen molar-refractivity contribution in [2.75, 3.05) is 39.3 Å². The first-order valence-corrected chi connectivity index (χ1v) is 7.40. The van der Waals surface area contributed by atoms with Crippen LogP contribution in [0, 0.1) is 5.92 Å². The molecule has 2 heterocycles. The molecule has 0 radical (unpaired) electrons. The van der Waals surface area contributed by atoms with Gasteiger partial charge in [0.2, 0.25) is 5.91 Å². The first-order valence-electron chi connectivity index (χ1n) is 7.40. The number of amides is 1. The molecule has 0 aromatic rings. The SMILES string of the molecule is O=C(CCN1CCCC(CO)C1)N1CCCCC1. The fraction of sp³-hybridized carbons (Fsp3) is 0.929. The molecule has 0 aliphatic carbocycles. The maximum absolute atomic E-state index is 12.0. The van der Waals surface area contributed by atoms with E-state index >= 15 is 0 Å². The lowest BCUT2D eigenvalue weighted by Crippen LogP contribution is -2.41. The summed E-state index contributed by atoms with van der Waals surface area (Å²) in [6, 6.07) is 0. The quantitative estimate of drug-likeness (QED) is 0.817. The Hall–Kier alpha value is -0.610. The van der Waals surface area contributed by atoms with Gasteiger partial charge in [-0.15, -0.1) is 0 Å². The lowest BCUT2D eigenvalue weighted by molar-refractivity contribution is -0.132. The number of piperidine rings is 2. The number of carbonyl (C=O) groups excluding carboxylic acids is 1. The Labute approximate surface area is 110 Å². The second-order valence-electron chi connectivity index (χ2n) is 5.68. The normalized spacial score (nSPS) is 26.3. The van der Waals surface area contributed by atoms with Crippen LogP contribution in [-0.2, 0) is 4.79 Å². The molecule has 18 heavy (non-hydrogen) atoms. The summed E-state index contributed by atoms with van der Waals surface area (Å²) in [6.45, 7) is 5.12. The lowest BCUT2D eigenvalue weighted by atomic mass is 9.99. The minimum Gasteiger partial charge on any atom is -0.396 e. The number of nitrogens with zero attached hydrogens (tertiary/aromatic N) is 2. The number of rotatable bonds is 4. The molecule has 0 aromatic heterocycles. The molecule has 1 atom stereocenters. The van der Waals surface area contributed by atoms with E-state index in [0.29, 0.717) is 18.2 Å². The van der Waals surface area contributed by atoms with Gasteiger partial charge in [-0.3, -0.25) is 4.79 Å². The smallest absolute Gasteiger partial charge is 0.223 e. The van der Waals surface area contributed by atoms with E-state index in [-0.39, 0.29) is 6.61 Å². The topological polar surface area (TPSA) is 43.8 Å². The van der Waals surface area contributed by atoms with Crippen molar-refractivity contribution in [1.82, 2.24) is 9.80 Å². The highest BCUT2D eigenvalue weighted by atomic mass is 16.3. The zero-order valence-electron chi connectivity index (χ0n) is 11.3. The summed E-state index contributed by atoms with van der Waals surface area (Å²) in [5.41, 5.74) is 0. The zero-order valence-corrected chi connectivity index (χ0v) is 11.3. The number of aliphatic hydroxyl groups is 1. The van der Waals surface area contributed by atoms with E-state index in [1.807, 2.05) is 4.90 Å². The van der Waals surface area contributed by atoms with E-state index in [2.05, 4.69) is 4.90 Å². The second-order valence-corrected chi connectivity index (χ2v) is 5.68. The Balaban J connectivity index is 1.68. The molecule has 2 aliphatic heterocycles. The van der Waals surface area contributed by atoms with E-state index < -0.39 is 0 Å². The summed E-state index contributed by atoms with van der Waals surface area (Å²) in [7, 11) is 0. The van der Waals surface area contributed by atoms with Crippen molar-refractivity contribution in [3.8, 4) is 0 Å². The molecule has 2 saturated heterocycles. The Morgan fingerprint density at radius 2 is 1.89 bits per heavy atom. The maximum atomic E-state index is 12.0. The highest BCUT2D eigenvalue weighted by molar-refractivity contribution is 5.76. The Morgan fingerprint density at radius 3 is 2.61 bits per heavy atom. The van der Waals surface area contributed by atoms with Crippen LogP contribution in [-0.4, -0.2) is 60.1 Å². The van der Waals surface area contributed by atoms with Crippen LogP contribution in [0.2, 0.25) is 0 Å². The Morgan fingerprint density at radius 1 is 1.11 bits per heavy atom. The molecule has 2 rings (SSSR count). The summed E-state index contributed by atoms with van der Waals surface area (Å²) in [6.07, 6.45) is 6.55. The number of carbonyl (C=O) groups is 1. The van der Waals surface area contributed by atoms with Crippen LogP contribution in [0.5, 0.6) is 0 Å². The predicted octanol–water partition coefficient (Wildman–Crippen LogP) is 1.09. The van der Waals surface area contributed by atoms with Gasteiger partial charge in [-0.2, -0.15) is 0 Å². The standard InChI is InChI=1S/C14H26N2O2/c17-12-13-5-4-7-15(11-13)10-6-14(18)16-8-2-1-3-9-16/h13,17H,1-12H2. The van der Waals surface area contributed by atoms with Gasteiger partial charge in [0.05, 0.1) is 0 Å². The Kier molecular flexibility index (Phi) is 5.45. The molecule has 0 aromatic carbocycles. The lowest BCUT2D eigenvalue weighted by Gasteiger charge is -2.32. The number of likely N-dealkylation sites (tertiary alicyclic amines) is 2. The molecule has 0 bridgehead atoms. The number of aliphatic hydroxyl groups excluding tert-OH is 1. The van der Waals surface area contributed by atoms with Gasteiger partial charge in [0.1, 0.15) is 0 Å². The van der Waals surface area contributed by atoms with E-state index in [0.717, 1.165) is 45.6 Å². The molecule has 0 spiro atoms. The van der Waals surface area contributed by atoms with Crippen molar-refractivity contribution in [2.45, 2.75) is 38.5 Å². The molecule has 1 N–H and O–H groups in total. The summed E-state index contributed by atoms with van der Waals surface area (Å²) < 4.78 is 0. The molecule has 104 valence electrons. The zero-order chi connectivity index (χ0) is 12.8. The van der Waals surface area contributed by atoms with Crippen LogP contribution >= 0.6 is 0 Å². The van der Waals surface area contributed by atoms with Gasteiger partial charge in [-0.25, -0.2) is 0 Å². The van der Waals surface area contributed by atoms with Crippen molar-refractivity contribution in [1.29, 1.82) is 0 Å². The largest absolute Gasteiger partial charge is 0.396 e. The van der Waals surface area contributed by atoms with Crippen LogP contribution in [0.3, 0.4) is 0 Å². The highest BCUT2D eigenvalue weighted by Gasteiger charge is 2.21. The molecular weight excluding hydrogens is 228 g/mol. The third kappa shape index (κ3) is 3.95. The van der Waals surface area contributed by atoms with Gasteiger partial charge in [-0.05, 0) is 44.6 Å². The average Bonchev–Trinajstić information content (AvgIpc) is 2.46. The maximum Gasteiger partial charge on any atom is 0.223 e. The fourth-order valence-corrected chi connectivity index (χ4v) is 3.06. The molecular formula is C14H26N2O2. The van der Waals surface area contributed by atoms with Crippen molar-refractivity contribution >= 4 is 5.91 Å². The van der Waals surface area contributed by atoms with Crippen LogP contribution < -0.4 is 0 Å². The molecule has 0 saturated carbocycles. The molecule has 1 amide bonds. The minimum absolute atomic E-state index is 0.288. The molecule has 2 aliphatic rings. The Bertz CT molecular complexity index is 265. The van der Waals surface area contributed by atoms with Crippen molar-refractivity contribution in [3.63, 3.8) is 0 Å².